The lowest BCUT2D eigenvalue weighted by Crippen LogP contribution is -2.49. The topological polar surface area (TPSA) is 241 Å². The number of esters is 1. The molecular weight excluding hydrogens is 897 g/mol. The minimum Gasteiger partial charge on any atom is -0.466 e. The number of amidine groups is 2. The van der Waals surface area contributed by atoms with E-state index in [4.69, 9.17) is 25.0 Å². The lowest BCUT2D eigenvalue weighted by molar-refractivity contribution is -0.143. The van der Waals surface area contributed by atoms with E-state index in [9.17, 15) is 32.4 Å². The molecule has 3 fully saturated rings. The van der Waals surface area contributed by atoms with Crippen LogP contribution in [0.1, 0.15) is 56.3 Å². The smallest absolute Gasteiger partial charge is 0.414 e. The Bertz CT molecular complexity index is 2600. The number of ether oxygens (including phenoxy) is 3. The van der Waals surface area contributed by atoms with Crippen molar-refractivity contribution in [2.45, 2.75) is 39.4 Å². The molecule has 0 spiro atoms. The van der Waals surface area contributed by atoms with E-state index in [1.165, 1.54) is 4.90 Å². The number of cyclic esters (lactones) is 2. The normalized spacial score (nSPS) is 17.4. The van der Waals surface area contributed by atoms with Crippen molar-refractivity contribution in [3.8, 4) is 0 Å². The maximum Gasteiger partial charge on any atom is 0.414 e. The average molecular weight is 953 g/mol. The molecule has 3 heterocycles. The van der Waals surface area contributed by atoms with Gasteiger partial charge in [0.05, 0.1) is 32.4 Å². The molecule has 2 atom stereocenters. The quantitative estimate of drug-likeness (QED) is 0.0416. The molecule has 3 aliphatic rings. The van der Waals surface area contributed by atoms with Crippen LogP contribution in [0.2, 0.25) is 0 Å². The number of benzene rings is 4. The van der Waals surface area contributed by atoms with Gasteiger partial charge in [-0.3, -0.25) is 44.1 Å². The lowest BCUT2D eigenvalue weighted by Gasteiger charge is -2.35. The van der Waals surface area contributed by atoms with Gasteiger partial charge in [0, 0.05) is 72.9 Å². The first-order valence-corrected chi connectivity index (χ1v) is 23.8. The predicted molar refractivity (Wildman–Crippen MR) is 254 cm³/mol. The zero-order valence-electron chi connectivity index (χ0n) is 38.4. The van der Waals surface area contributed by atoms with Gasteiger partial charge in [-0.15, -0.1) is 0 Å². The molecule has 2 unspecified atom stereocenters. The molecule has 20 heteroatoms. The fraction of sp³-hybridized carbons (Fsp3) is 0.354. The number of aryl methyl sites for hydroxylation is 2. The number of anilines is 2. The fourth-order valence-electron chi connectivity index (χ4n) is 7.59. The molecule has 0 aromatic heterocycles. The van der Waals surface area contributed by atoms with Gasteiger partial charge >= 0.3 is 18.2 Å². The molecule has 0 radical (unpaired) electrons. The first kappa shape index (κ1) is 50.4. The van der Waals surface area contributed by atoms with Crippen LogP contribution in [0.5, 0.6) is 0 Å². The highest BCUT2D eigenvalue weighted by Crippen LogP contribution is 2.25. The summed E-state index contributed by atoms with van der Waals surface area (Å²) in [5.41, 5.74) is 4.86. The van der Waals surface area contributed by atoms with Gasteiger partial charge < -0.3 is 29.7 Å². The first-order valence-electron chi connectivity index (χ1n) is 22.0. The van der Waals surface area contributed by atoms with Crippen molar-refractivity contribution >= 4 is 63.1 Å². The van der Waals surface area contributed by atoms with Crippen LogP contribution in [0.25, 0.3) is 0 Å². The van der Waals surface area contributed by atoms with Gasteiger partial charge in [-0.25, -0.2) is 9.59 Å². The lowest BCUT2D eigenvalue weighted by atomic mass is 10.1. The SMILES string of the molecule is CCOC(=O)CCN1CCN(CC2CN(c3ccc(C(=N)NC(=O)c4ccccc4C)cc3)C(=O)O2)CC1.Cc1ccccc1C(=O)NC(=N)c1ccc(N2CC(COS(C)(=O)=O)OC2=O)cc1. The molecule has 4 N–H and O–H groups in total. The summed E-state index contributed by atoms with van der Waals surface area (Å²) in [7, 11) is -3.63. The van der Waals surface area contributed by atoms with E-state index in [-0.39, 0.29) is 48.7 Å². The van der Waals surface area contributed by atoms with Gasteiger partial charge in [0.1, 0.15) is 30.5 Å². The molecule has 4 aromatic rings. The molecule has 4 aromatic carbocycles. The largest absolute Gasteiger partial charge is 0.466 e. The molecule has 7 rings (SSSR count). The number of nitrogens with zero attached hydrogens (tertiary/aromatic N) is 4. The Labute approximate surface area is 395 Å². The molecule has 19 nitrogen and oxygen atoms in total. The minimum absolute atomic E-state index is 0.00641. The monoisotopic (exact) mass is 952 g/mol. The van der Waals surface area contributed by atoms with E-state index < -0.39 is 28.4 Å². The van der Waals surface area contributed by atoms with Crippen molar-refractivity contribution in [1.82, 2.24) is 20.4 Å². The van der Waals surface area contributed by atoms with Crippen molar-refractivity contribution < 1.29 is 50.8 Å². The highest BCUT2D eigenvalue weighted by molar-refractivity contribution is 7.86. The predicted octanol–water partition coefficient (Wildman–Crippen LogP) is 4.70. The molecule has 360 valence electrons. The third-order valence-electron chi connectivity index (χ3n) is 11.3. The van der Waals surface area contributed by atoms with Gasteiger partial charge in [0.15, 0.2) is 0 Å². The van der Waals surface area contributed by atoms with Crippen molar-refractivity contribution in [2.24, 2.45) is 0 Å². The van der Waals surface area contributed by atoms with Gasteiger partial charge in [-0.2, -0.15) is 8.42 Å². The van der Waals surface area contributed by atoms with E-state index in [0.29, 0.717) is 66.3 Å². The summed E-state index contributed by atoms with van der Waals surface area (Å²) in [6, 6.07) is 27.7. The molecule has 0 bridgehead atoms. The maximum absolute atomic E-state index is 12.6. The standard InChI is InChI=1S/C28H35N5O5.C20H21N3O6S/c1-3-37-25(34)12-13-31-14-16-32(17-15-31)18-23-19-33(28(36)38-23)22-10-8-21(9-11-22)26(29)30-27(35)24-7-5-4-6-20(24)2;1-13-5-3-4-6-17(13)19(24)22-18(21)14-7-9-15(10-8-14)23-11-16(29-20(23)25)12-28-30(2,26)27/h4-11,23H,3,12-19H2,1-2H3,(H2,29,30,35);3-10,16H,11-12H2,1-2H3,(H2,21,22,24). The number of amides is 4. The van der Waals surface area contributed by atoms with E-state index in [0.717, 1.165) is 43.6 Å². The first-order chi connectivity index (χ1) is 32.5. The molecule has 0 aliphatic carbocycles. The van der Waals surface area contributed by atoms with Crippen LogP contribution in [-0.4, -0.2) is 144 Å². The van der Waals surface area contributed by atoms with Crippen LogP contribution in [0, 0.1) is 24.7 Å². The summed E-state index contributed by atoms with van der Waals surface area (Å²) < 4.78 is 42.6. The van der Waals surface area contributed by atoms with Crippen LogP contribution >= 0.6 is 0 Å². The number of carbonyl (C=O) groups excluding carboxylic acids is 5. The van der Waals surface area contributed by atoms with Crippen molar-refractivity contribution in [2.75, 3.05) is 81.6 Å². The van der Waals surface area contributed by atoms with Crippen molar-refractivity contribution in [3.05, 3.63) is 130 Å². The van der Waals surface area contributed by atoms with Gasteiger partial charge in [0.2, 0.25) is 0 Å². The molecule has 68 heavy (non-hydrogen) atoms. The summed E-state index contributed by atoms with van der Waals surface area (Å²) in [6.45, 7) is 11.0. The second-order valence-electron chi connectivity index (χ2n) is 16.3. The number of hydrogen-bond donors (Lipinski definition) is 4. The van der Waals surface area contributed by atoms with Crippen molar-refractivity contribution in [3.63, 3.8) is 0 Å². The number of nitrogens with one attached hydrogen (secondary N) is 4. The van der Waals surface area contributed by atoms with E-state index in [1.807, 2.05) is 45.0 Å². The van der Waals surface area contributed by atoms with Gasteiger partial charge in [-0.1, -0.05) is 36.4 Å². The van der Waals surface area contributed by atoms with E-state index >= 15 is 0 Å². The molecule has 0 saturated carbocycles. The van der Waals surface area contributed by atoms with Crippen molar-refractivity contribution in [1.29, 1.82) is 10.8 Å². The number of piperazine rings is 1. The summed E-state index contributed by atoms with van der Waals surface area (Å²) in [5, 5.41) is 21.6. The summed E-state index contributed by atoms with van der Waals surface area (Å²) in [6.07, 6.45) is -0.627. The Morgan fingerprint density at radius 3 is 1.57 bits per heavy atom. The Morgan fingerprint density at radius 1 is 0.676 bits per heavy atom. The summed E-state index contributed by atoms with van der Waals surface area (Å²) in [5.74, 6) is -0.946. The highest BCUT2D eigenvalue weighted by atomic mass is 32.2. The Kier molecular flexibility index (Phi) is 17.2. The summed E-state index contributed by atoms with van der Waals surface area (Å²) in [4.78, 5) is 68.6. The molecule has 3 aliphatic heterocycles. The molecule has 4 amide bonds. The second kappa shape index (κ2) is 23.1. The third kappa shape index (κ3) is 14.0. The zero-order valence-corrected chi connectivity index (χ0v) is 39.2. The number of hydrogen-bond acceptors (Lipinski definition) is 15. The van der Waals surface area contributed by atoms with E-state index in [2.05, 4.69) is 24.6 Å². The van der Waals surface area contributed by atoms with E-state index in [1.54, 1.807) is 77.7 Å². The molecular formula is C48H56N8O11S. The van der Waals surface area contributed by atoms with Crippen LogP contribution in [0.4, 0.5) is 21.0 Å². The van der Waals surface area contributed by atoms with Gasteiger partial charge in [0.25, 0.3) is 21.9 Å². The fourth-order valence-corrected chi connectivity index (χ4v) is 7.99. The Balaban J connectivity index is 0.000000230. The highest BCUT2D eigenvalue weighted by Gasteiger charge is 2.35. The second-order valence-corrected chi connectivity index (χ2v) is 17.9. The molecule has 3 saturated heterocycles. The van der Waals surface area contributed by atoms with Gasteiger partial charge in [-0.05, 0) is 92.6 Å². The minimum atomic E-state index is -3.63. The third-order valence-corrected chi connectivity index (χ3v) is 11.8. The number of rotatable bonds is 15. The van der Waals surface area contributed by atoms with Crippen LogP contribution < -0.4 is 20.4 Å². The average Bonchev–Trinajstić information content (AvgIpc) is 3.88. The van der Waals surface area contributed by atoms with Crippen LogP contribution in [0.3, 0.4) is 0 Å². The van der Waals surface area contributed by atoms with Crippen LogP contribution in [-0.2, 0) is 33.3 Å². The summed E-state index contributed by atoms with van der Waals surface area (Å²) >= 11 is 0. The maximum atomic E-state index is 12.6. The van der Waals surface area contributed by atoms with Crippen LogP contribution in [0.15, 0.2) is 97.1 Å². The Morgan fingerprint density at radius 2 is 1.12 bits per heavy atom. The Hall–Kier alpha value is -7.00. The number of carbonyl (C=O) groups is 5. The zero-order chi connectivity index (χ0) is 49.0.